The van der Waals surface area contributed by atoms with Crippen LogP contribution in [-0.2, 0) is 0 Å². The fourth-order valence-electron chi connectivity index (χ4n) is 2.56. The van der Waals surface area contributed by atoms with E-state index in [2.05, 4.69) is 5.32 Å². The first-order valence-corrected chi connectivity index (χ1v) is 6.58. The van der Waals surface area contributed by atoms with Crippen LogP contribution in [0.5, 0.6) is 0 Å². The Morgan fingerprint density at radius 3 is 2.53 bits per heavy atom. The van der Waals surface area contributed by atoms with Crippen molar-refractivity contribution in [2.45, 2.75) is 33.7 Å². The Labute approximate surface area is 113 Å². The van der Waals surface area contributed by atoms with E-state index >= 15 is 0 Å². The predicted molar refractivity (Wildman–Crippen MR) is 74.8 cm³/mol. The van der Waals surface area contributed by atoms with Crippen LogP contribution in [0, 0.1) is 26.6 Å². The van der Waals surface area contributed by atoms with Crippen LogP contribution in [0.1, 0.15) is 41.0 Å². The lowest BCUT2D eigenvalue weighted by Crippen LogP contribution is -2.24. The highest BCUT2D eigenvalue weighted by Crippen LogP contribution is 2.30. The van der Waals surface area contributed by atoms with Crippen LogP contribution in [0.2, 0.25) is 0 Å². The van der Waals surface area contributed by atoms with E-state index in [1.165, 1.54) is 0 Å². The Bertz CT molecular complexity index is 551. The number of benzene rings is 1. The number of halogens is 1. The first-order valence-electron chi connectivity index (χ1n) is 6.58. The van der Waals surface area contributed by atoms with Gasteiger partial charge in [-0.15, -0.1) is 0 Å². The molecule has 2 nitrogen and oxygen atoms in total. The molecular formula is C16H20FNO. The number of hydrogen-bond donors (Lipinski definition) is 1. The minimum Gasteiger partial charge on any atom is -0.469 e. The molecule has 0 aliphatic rings. The van der Waals surface area contributed by atoms with Gasteiger partial charge in [-0.2, -0.15) is 0 Å². The number of hydrogen-bond acceptors (Lipinski definition) is 2. The van der Waals surface area contributed by atoms with Gasteiger partial charge < -0.3 is 9.73 Å². The highest BCUT2D eigenvalue weighted by molar-refractivity contribution is 5.40. The van der Waals surface area contributed by atoms with Crippen LogP contribution in [0.4, 0.5) is 4.39 Å². The number of nitrogens with one attached hydrogen (secondary N) is 1. The van der Waals surface area contributed by atoms with Crippen LogP contribution in [0.25, 0.3) is 0 Å². The second-order valence-corrected chi connectivity index (χ2v) is 4.90. The van der Waals surface area contributed by atoms with Crippen molar-refractivity contribution in [3.8, 4) is 0 Å². The maximum atomic E-state index is 14.3. The molecule has 2 rings (SSSR count). The summed E-state index contributed by atoms with van der Waals surface area (Å²) in [5.74, 6) is 0.661. The van der Waals surface area contributed by atoms with Gasteiger partial charge in [-0.3, -0.25) is 0 Å². The summed E-state index contributed by atoms with van der Waals surface area (Å²) in [6, 6.07) is 5.34. The maximum absolute atomic E-state index is 14.3. The fourth-order valence-corrected chi connectivity index (χ4v) is 2.56. The minimum absolute atomic E-state index is 0.163. The zero-order valence-corrected chi connectivity index (χ0v) is 11.9. The van der Waals surface area contributed by atoms with Gasteiger partial charge >= 0.3 is 0 Å². The molecule has 2 aromatic rings. The van der Waals surface area contributed by atoms with Gasteiger partial charge in [0.1, 0.15) is 11.6 Å². The van der Waals surface area contributed by atoms with E-state index < -0.39 is 0 Å². The smallest absolute Gasteiger partial charge is 0.128 e. The number of furan rings is 1. The summed E-state index contributed by atoms with van der Waals surface area (Å²) in [4.78, 5) is 0. The Morgan fingerprint density at radius 2 is 2.00 bits per heavy atom. The topological polar surface area (TPSA) is 25.2 Å². The van der Waals surface area contributed by atoms with Gasteiger partial charge in [-0.05, 0) is 50.6 Å². The molecule has 1 N–H and O–H groups in total. The Kier molecular flexibility index (Phi) is 4.05. The van der Waals surface area contributed by atoms with E-state index in [0.717, 1.165) is 29.0 Å². The molecule has 1 aromatic carbocycles. The highest BCUT2D eigenvalue weighted by Gasteiger charge is 2.22. The summed E-state index contributed by atoms with van der Waals surface area (Å²) in [5, 5.41) is 3.34. The largest absolute Gasteiger partial charge is 0.469 e. The predicted octanol–water partition coefficient (Wildman–Crippen LogP) is 4.04. The van der Waals surface area contributed by atoms with E-state index in [4.69, 9.17) is 4.42 Å². The van der Waals surface area contributed by atoms with Gasteiger partial charge in [0.05, 0.1) is 12.3 Å². The van der Waals surface area contributed by atoms with Gasteiger partial charge in [0.15, 0.2) is 0 Å². The minimum atomic E-state index is -0.163. The molecule has 1 atom stereocenters. The molecule has 0 saturated carbocycles. The molecule has 1 unspecified atom stereocenters. The molecular weight excluding hydrogens is 241 g/mol. The highest BCUT2D eigenvalue weighted by atomic mass is 19.1. The van der Waals surface area contributed by atoms with E-state index in [9.17, 15) is 4.39 Å². The van der Waals surface area contributed by atoms with Crippen molar-refractivity contribution in [2.24, 2.45) is 0 Å². The van der Waals surface area contributed by atoms with Gasteiger partial charge in [0.2, 0.25) is 0 Å². The molecule has 0 radical (unpaired) electrons. The average molecular weight is 261 g/mol. The molecule has 0 aliphatic heterocycles. The Morgan fingerprint density at radius 1 is 1.26 bits per heavy atom. The molecule has 0 saturated heterocycles. The molecule has 0 spiro atoms. The van der Waals surface area contributed by atoms with E-state index in [0.29, 0.717) is 5.56 Å². The van der Waals surface area contributed by atoms with Crippen molar-refractivity contribution >= 4 is 0 Å². The summed E-state index contributed by atoms with van der Waals surface area (Å²) in [7, 11) is 0. The maximum Gasteiger partial charge on any atom is 0.128 e. The Hall–Kier alpha value is -1.61. The van der Waals surface area contributed by atoms with Gasteiger partial charge in [-0.25, -0.2) is 4.39 Å². The molecule has 1 aromatic heterocycles. The van der Waals surface area contributed by atoms with E-state index in [1.54, 1.807) is 12.3 Å². The molecule has 1 heterocycles. The van der Waals surface area contributed by atoms with Crippen molar-refractivity contribution in [1.29, 1.82) is 0 Å². The standard InChI is InChI=1S/C16H20FNO/c1-5-18-16(13-6-7-19-12(13)4)15-11(3)8-10(2)9-14(15)17/h6-9,16,18H,5H2,1-4H3. The van der Waals surface area contributed by atoms with Crippen LogP contribution in [0.15, 0.2) is 28.9 Å². The second kappa shape index (κ2) is 5.57. The van der Waals surface area contributed by atoms with Crippen LogP contribution >= 0.6 is 0 Å². The molecule has 0 bridgehead atoms. The monoisotopic (exact) mass is 261 g/mol. The van der Waals surface area contributed by atoms with Crippen molar-refractivity contribution in [1.82, 2.24) is 5.32 Å². The zero-order valence-electron chi connectivity index (χ0n) is 11.9. The third-order valence-electron chi connectivity index (χ3n) is 3.39. The average Bonchev–Trinajstić information content (AvgIpc) is 2.73. The summed E-state index contributed by atoms with van der Waals surface area (Å²) in [6.07, 6.45) is 1.65. The van der Waals surface area contributed by atoms with Crippen molar-refractivity contribution in [2.75, 3.05) is 6.54 Å². The lowest BCUT2D eigenvalue weighted by molar-refractivity contribution is 0.512. The van der Waals surface area contributed by atoms with Crippen molar-refractivity contribution in [3.63, 3.8) is 0 Å². The molecule has 0 fully saturated rings. The molecule has 0 amide bonds. The van der Waals surface area contributed by atoms with Crippen molar-refractivity contribution in [3.05, 3.63) is 58.3 Å². The van der Waals surface area contributed by atoms with Crippen LogP contribution in [0.3, 0.4) is 0 Å². The van der Waals surface area contributed by atoms with Crippen molar-refractivity contribution < 1.29 is 8.81 Å². The fraction of sp³-hybridized carbons (Fsp3) is 0.375. The molecule has 0 aliphatic carbocycles. The van der Waals surface area contributed by atoms with Crippen LogP contribution in [-0.4, -0.2) is 6.54 Å². The SMILES string of the molecule is CCNC(c1ccoc1C)c1c(C)cc(C)cc1F. The Balaban J connectivity index is 2.54. The number of rotatable bonds is 4. The summed E-state index contributed by atoms with van der Waals surface area (Å²) >= 11 is 0. The summed E-state index contributed by atoms with van der Waals surface area (Å²) in [5.41, 5.74) is 3.60. The van der Waals surface area contributed by atoms with E-state index in [-0.39, 0.29) is 11.9 Å². The third kappa shape index (κ3) is 2.71. The van der Waals surface area contributed by atoms with Crippen LogP contribution < -0.4 is 5.32 Å². The normalized spacial score (nSPS) is 12.7. The van der Waals surface area contributed by atoms with E-state index in [1.807, 2.05) is 39.8 Å². The number of aryl methyl sites for hydroxylation is 3. The first kappa shape index (κ1) is 13.8. The van der Waals surface area contributed by atoms with Gasteiger partial charge in [0, 0.05) is 11.1 Å². The first-order chi connectivity index (χ1) is 9.04. The molecule has 102 valence electrons. The molecule has 19 heavy (non-hydrogen) atoms. The second-order valence-electron chi connectivity index (χ2n) is 4.90. The van der Waals surface area contributed by atoms with Gasteiger partial charge in [-0.1, -0.05) is 13.0 Å². The summed E-state index contributed by atoms with van der Waals surface area (Å²) < 4.78 is 19.7. The molecule has 3 heteroatoms. The lowest BCUT2D eigenvalue weighted by Gasteiger charge is -2.21. The lowest BCUT2D eigenvalue weighted by atomic mass is 9.93. The quantitative estimate of drug-likeness (QED) is 0.898. The van der Waals surface area contributed by atoms with Gasteiger partial charge in [0.25, 0.3) is 0 Å². The zero-order chi connectivity index (χ0) is 14.0. The summed E-state index contributed by atoms with van der Waals surface area (Å²) in [6.45, 7) is 8.55. The third-order valence-corrected chi connectivity index (χ3v) is 3.39.